The molecule has 0 unspecified atom stereocenters. The summed E-state index contributed by atoms with van der Waals surface area (Å²) in [6, 6.07) is 11.7. The Morgan fingerprint density at radius 1 is 1.12 bits per heavy atom. The topological polar surface area (TPSA) is 33.1 Å². The van der Waals surface area contributed by atoms with Crippen molar-refractivity contribution in [1.82, 2.24) is 4.98 Å². The van der Waals surface area contributed by atoms with Gasteiger partial charge in [-0.25, -0.2) is 0 Å². The van der Waals surface area contributed by atoms with E-state index in [1.165, 1.54) is 18.4 Å². The average Bonchev–Trinajstić information content (AvgIpc) is 3.14. The molecular formula is C14H13NO. The lowest BCUT2D eigenvalue weighted by Crippen LogP contribution is -1.86. The molecule has 16 heavy (non-hydrogen) atoms. The average molecular weight is 211 g/mol. The van der Waals surface area contributed by atoms with Gasteiger partial charge in [0.25, 0.3) is 0 Å². The lowest BCUT2D eigenvalue weighted by molar-refractivity contribution is 0.475. The Bertz CT molecular complexity index is 518. The van der Waals surface area contributed by atoms with Crippen LogP contribution in [0.2, 0.25) is 0 Å². The Morgan fingerprint density at radius 3 is 2.75 bits per heavy atom. The van der Waals surface area contributed by atoms with Crippen LogP contribution in [0.15, 0.2) is 42.6 Å². The smallest absolute Gasteiger partial charge is 0.141 e. The zero-order valence-corrected chi connectivity index (χ0v) is 8.93. The summed E-state index contributed by atoms with van der Waals surface area (Å²) in [5, 5.41) is 9.75. The maximum absolute atomic E-state index is 9.75. The van der Waals surface area contributed by atoms with Crippen LogP contribution in [0.5, 0.6) is 5.75 Å². The highest BCUT2D eigenvalue weighted by Crippen LogP contribution is 2.41. The molecule has 1 aromatic carbocycles. The highest BCUT2D eigenvalue weighted by molar-refractivity contribution is 5.66. The first-order valence-electron chi connectivity index (χ1n) is 5.59. The molecule has 0 spiro atoms. The molecule has 1 aromatic heterocycles. The normalized spacial score (nSPS) is 15.0. The van der Waals surface area contributed by atoms with Gasteiger partial charge in [-0.05, 0) is 42.5 Å². The summed E-state index contributed by atoms with van der Waals surface area (Å²) in [4.78, 5) is 4.22. The van der Waals surface area contributed by atoms with Gasteiger partial charge in [0.1, 0.15) is 11.4 Å². The van der Waals surface area contributed by atoms with E-state index in [-0.39, 0.29) is 5.75 Å². The van der Waals surface area contributed by atoms with Crippen LogP contribution in [0.4, 0.5) is 0 Å². The minimum absolute atomic E-state index is 0.246. The number of aromatic hydroxyl groups is 1. The van der Waals surface area contributed by atoms with Gasteiger partial charge in [-0.2, -0.15) is 0 Å². The van der Waals surface area contributed by atoms with Crippen LogP contribution in [-0.2, 0) is 0 Å². The molecule has 0 bridgehead atoms. The Balaban J connectivity index is 2.05. The number of hydrogen-bond donors (Lipinski definition) is 1. The van der Waals surface area contributed by atoms with Crippen LogP contribution in [-0.4, -0.2) is 10.1 Å². The first kappa shape index (κ1) is 9.40. The van der Waals surface area contributed by atoms with E-state index in [0.29, 0.717) is 5.69 Å². The van der Waals surface area contributed by atoms with E-state index in [2.05, 4.69) is 17.1 Å². The van der Waals surface area contributed by atoms with Crippen molar-refractivity contribution in [2.75, 3.05) is 0 Å². The molecule has 1 heterocycles. The minimum Gasteiger partial charge on any atom is -0.506 e. The van der Waals surface area contributed by atoms with Crippen LogP contribution in [0.25, 0.3) is 11.3 Å². The van der Waals surface area contributed by atoms with Crippen molar-refractivity contribution >= 4 is 0 Å². The SMILES string of the molecule is Oc1cccnc1-c1cccc(C2CC2)c1. The molecule has 1 aliphatic rings. The summed E-state index contributed by atoms with van der Waals surface area (Å²) in [6.07, 6.45) is 4.29. The van der Waals surface area contributed by atoms with Crippen molar-refractivity contribution in [3.63, 3.8) is 0 Å². The molecule has 0 saturated heterocycles. The first-order chi connectivity index (χ1) is 7.84. The van der Waals surface area contributed by atoms with Crippen LogP contribution in [0, 0.1) is 0 Å². The largest absolute Gasteiger partial charge is 0.506 e. The number of benzene rings is 1. The van der Waals surface area contributed by atoms with Gasteiger partial charge in [-0.1, -0.05) is 18.2 Å². The van der Waals surface area contributed by atoms with Crippen LogP contribution >= 0.6 is 0 Å². The second-order valence-electron chi connectivity index (χ2n) is 4.27. The Morgan fingerprint density at radius 2 is 2.00 bits per heavy atom. The van der Waals surface area contributed by atoms with Crippen molar-refractivity contribution in [2.45, 2.75) is 18.8 Å². The predicted octanol–water partition coefficient (Wildman–Crippen LogP) is 3.33. The second kappa shape index (κ2) is 3.63. The van der Waals surface area contributed by atoms with E-state index >= 15 is 0 Å². The quantitative estimate of drug-likeness (QED) is 0.826. The molecule has 0 aliphatic heterocycles. The van der Waals surface area contributed by atoms with E-state index in [1.54, 1.807) is 18.3 Å². The molecule has 1 N–H and O–H groups in total. The van der Waals surface area contributed by atoms with Crippen LogP contribution < -0.4 is 0 Å². The molecule has 3 rings (SSSR count). The molecule has 0 amide bonds. The molecule has 2 aromatic rings. The Hall–Kier alpha value is -1.83. The van der Waals surface area contributed by atoms with Gasteiger partial charge >= 0.3 is 0 Å². The predicted molar refractivity (Wildman–Crippen MR) is 63.3 cm³/mol. The van der Waals surface area contributed by atoms with Crippen molar-refractivity contribution in [2.24, 2.45) is 0 Å². The second-order valence-corrected chi connectivity index (χ2v) is 4.27. The van der Waals surface area contributed by atoms with Gasteiger partial charge in [0.05, 0.1) is 0 Å². The number of nitrogens with zero attached hydrogens (tertiary/aromatic N) is 1. The lowest BCUT2D eigenvalue weighted by Gasteiger charge is -2.05. The zero-order valence-electron chi connectivity index (χ0n) is 8.93. The minimum atomic E-state index is 0.246. The molecule has 0 radical (unpaired) electrons. The molecule has 0 atom stereocenters. The number of pyridine rings is 1. The third-order valence-electron chi connectivity index (χ3n) is 3.00. The molecule has 1 fully saturated rings. The highest BCUT2D eigenvalue weighted by Gasteiger charge is 2.23. The summed E-state index contributed by atoms with van der Waals surface area (Å²) in [7, 11) is 0. The van der Waals surface area contributed by atoms with Gasteiger partial charge in [-0.3, -0.25) is 4.98 Å². The molecule has 80 valence electrons. The molecule has 2 nitrogen and oxygen atoms in total. The van der Waals surface area contributed by atoms with Crippen molar-refractivity contribution in [3.8, 4) is 17.0 Å². The van der Waals surface area contributed by atoms with E-state index in [0.717, 1.165) is 11.5 Å². The summed E-state index contributed by atoms with van der Waals surface area (Å²) < 4.78 is 0. The third kappa shape index (κ3) is 1.67. The van der Waals surface area contributed by atoms with Gasteiger partial charge in [0.15, 0.2) is 0 Å². The van der Waals surface area contributed by atoms with Crippen molar-refractivity contribution in [1.29, 1.82) is 0 Å². The molecule has 2 heteroatoms. The number of aromatic nitrogens is 1. The highest BCUT2D eigenvalue weighted by atomic mass is 16.3. The zero-order chi connectivity index (χ0) is 11.0. The van der Waals surface area contributed by atoms with Crippen LogP contribution in [0.3, 0.4) is 0 Å². The summed E-state index contributed by atoms with van der Waals surface area (Å²) >= 11 is 0. The monoisotopic (exact) mass is 211 g/mol. The fourth-order valence-corrected chi connectivity index (χ4v) is 1.98. The van der Waals surface area contributed by atoms with Crippen LogP contribution in [0.1, 0.15) is 24.3 Å². The van der Waals surface area contributed by atoms with E-state index in [4.69, 9.17) is 0 Å². The summed E-state index contributed by atoms with van der Waals surface area (Å²) in [5.74, 6) is 0.973. The maximum Gasteiger partial charge on any atom is 0.141 e. The first-order valence-corrected chi connectivity index (χ1v) is 5.59. The fraction of sp³-hybridized carbons (Fsp3) is 0.214. The van der Waals surface area contributed by atoms with Crippen molar-refractivity contribution < 1.29 is 5.11 Å². The Kier molecular flexibility index (Phi) is 2.13. The van der Waals surface area contributed by atoms with E-state index in [9.17, 15) is 5.11 Å². The van der Waals surface area contributed by atoms with Gasteiger partial charge < -0.3 is 5.11 Å². The lowest BCUT2D eigenvalue weighted by atomic mass is 10.0. The maximum atomic E-state index is 9.75. The van der Waals surface area contributed by atoms with Gasteiger partial charge in [0.2, 0.25) is 0 Å². The number of rotatable bonds is 2. The van der Waals surface area contributed by atoms with E-state index in [1.807, 2.05) is 12.1 Å². The summed E-state index contributed by atoms with van der Waals surface area (Å²) in [6.45, 7) is 0. The molecule has 1 aliphatic carbocycles. The summed E-state index contributed by atoms with van der Waals surface area (Å²) in [5.41, 5.74) is 3.04. The third-order valence-corrected chi connectivity index (χ3v) is 3.00. The molecular weight excluding hydrogens is 198 g/mol. The van der Waals surface area contributed by atoms with E-state index < -0.39 is 0 Å². The molecule has 1 saturated carbocycles. The standard InChI is InChI=1S/C14H13NO/c16-13-5-2-8-15-14(13)12-4-1-3-11(9-12)10-6-7-10/h1-5,8-10,16H,6-7H2. The number of hydrogen-bond acceptors (Lipinski definition) is 2. The van der Waals surface area contributed by atoms with Gasteiger partial charge in [0, 0.05) is 11.8 Å². The fourth-order valence-electron chi connectivity index (χ4n) is 1.98. The van der Waals surface area contributed by atoms with Gasteiger partial charge in [-0.15, -0.1) is 0 Å². The Labute approximate surface area is 94.6 Å². The van der Waals surface area contributed by atoms with Crippen molar-refractivity contribution in [3.05, 3.63) is 48.2 Å².